The van der Waals surface area contributed by atoms with Crippen LogP contribution in [0.5, 0.6) is 0 Å². The van der Waals surface area contributed by atoms with Gasteiger partial charge in [-0.05, 0) is 54.7 Å². The normalized spacial score (nSPS) is 17.5. The van der Waals surface area contributed by atoms with Gasteiger partial charge >= 0.3 is 0 Å². The lowest BCUT2D eigenvalue weighted by atomic mass is 9.85. The minimum absolute atomic E-state index is 0.0473. The van der Waals surface area contributed by atoms with Gasteiger partial charge in [-0.25, -0.2) is 0 Å². The van der Waals surface area contributed by atoms with E-state index in [9.17, 15) is 4.79 Å². The van der Waals surface area contributed by atoms with Gasteiger partial charge in [0.05, 0.1) is 5.92 Å². The standard InChI is InChI=1S/C24H23NO/c1-17-13-14-21(15-18(17)2)25-23(26)22-16-24(22,19-9-5-3-6-10-19)20-11-7-4-8-12-20/h3-15,22H,16H2,1-2H3,(H,25,26)/t22-/m1/s1. The first-order chi connectivity index (χ1) is 12.6. The smallest absolute Gasteiger partial charge is 0.228 e. The number of hydrogen-bond donors (Lipinski definition) is 1. The van der Waals surface area contributed by atoms with Crippen LogP contribution in [0.4, 0.5) is 5.69 Å². The Labute approximate surface area is 154 Å². The lowest BCUT2D eigenvalue weighted by Crippen LogP contribution is -2.22. The molecule has 1 aliphatic carbocycles. The summed E-state index contributed by atoms with van der Waals surface area (Å²) in [6.07, 6.45) is 0.845. The zero-order chi connectivity index (χ0) is 18.1. The molecule has 0 unspecified atom stereocenters. The fourth-order valence-corrected chi connectivity index (χ4v) is 3.90. The number of carbonyl (C=O) groups is 1. The van der Waals surface area contributed by atoms with Crippen LogP contribution in [0, 0.1) is 19.8 Å². The molecule has 1 fully saturated rings. The van der Waals surface area contributed by atoms with E-state index in [4.69, 9.17) is 0 Å². The Morgan fingerprint density at radius 1 is 0.846 bits per heavy atom. The molecule has 0 radical (unpaired) electrons. The molecule has 0 aromatic heterocycles. The third-order valence-corrected chi connectivity index (χ3v) is 5.63. The quantitative estimate of drug-likeness (QED) is 0.690. The first-order valence-electron chi connectivity index (χ1n) is 9.10. The third-order valence-electron chi connectivity index (χ3n) is 5.63. The summed E-state index contributed by atoms with van der Waals surface area (Å²) < 4.78 is 0. The lowest BCUT2D eigenvalue weighted by molar-refractivity contribution is -0.117. The number of amides is 1. The van der Waals surface area contributed by atoms with Gasteiger partial charge < -0.3 is 5.32 Å². The van der Waals surface area contributed by atoms with Crippen LogP contribution in [-0.2, 0) is 10.2 Å². The van der Waals surface area contributed by atoms with Crippen LogP contribution in [0.15, 0.2) is 78.9 Å². The van der Waals surface area contributed by atoms with E-state index in [0.717, 1.165) is 12.1 Å². The molecular weight excluding hydrogens is 318 g/mol. The number of hydrogen-bond acceptors (Lipinski definition) is 1. The number of carbonyl (C=O) groups excluding carboxylic acids is 1. The molecular formula is C24H23NO. The average molecular weight is 341 g/mol. The van der Waals surface area contributed by atoms with E-state index >= 15 is 0 Å². The van der Waals surface area contributed by atoms with Crippen LogP contribution in [0.25, 0.3) is 0 Å². The van der Waals surface area contributed by atoms with E-state index in [1.165, 1.54) is 22.3 Å². The predicted molar refractivity (Wildman–Crippen MR) is 106 cm³/mol. The monoisotopic (exact) mass is 341 g/mol. The van der Waals surface area contributed by atoms with Gasteiger partial charge in [-0.3, -0.25) is 4.79 Å². The Bertz CT molecular complexity index is 891. The van der Waals surface area contributed by atoms with Gasteiger partial charge in [0.25, 0.3) is 0 Å². The van der Waals surface area contributed by atoms with Crippen molar-refractivity contribution in [1.29, 1.82) is 0 Å². The van der Waals surface area contributed by atoms with Crippen molar-refractivity contribution in [2.45, 2.75) is 25.7 Å². The van der Waals surface area contributed by atoms with Gasteiger partial charge in [0.2, 0.25) is 5.91 Å². The summed E-state index contributed by atoms with van der Waals surface area (Å²) in [7, 11) is 0. The van der Waals surface area contributed by atoms with Gasteiger partial charge in [-0.15, -0.1) is 0 Å². The zero-order valence-electron chi connectivity index (χ0n) is 15.2. The summed E-state index contributed by atoms with van der Waals surface area (Å²) in [6, 6.07) is 26.9. The van der Waals surface area contributed by atoms with E-state index in [2.05, 4.69) is 73.8 Å². The zero-order valence-corrected chi connectivity index (χ0v) is 15.2. The number of benzene rings is 3. The average Bonchev–Trinajstić information content (AvgIpc) is 3.43. The molecule has 0 aliphatic heterocycles. The Morgan fingerprint density at radius 2 is 1.42 bits per heavy atom. The molecule has 1 atom stereocenters. The maximum Gasteiger partial charge on any atom is 0.228 e. The van der Waals surface area contributed by atoms with Crippen LogP contribution in [-0.4, -0.2) is 5.91 Å². The van der Waals surface area contributed by atoms with Gasteiger partial charge in [0.15, 0.2) is 0 Å². The highest BCUT2D eigenvalue weighted by atomic mass is 16.2. The molecule has 3 aromatic rings. The maximum atomic E-state index is 13.0. The van der Waals surface area contributed by atoms with E-state index in [1.807, 2.05) is 24.3 Å². The summed E-state index contributed by atoms with van der Waals surface area (Å²) in [5, 5.41) is 3.13. The highest BCUT2D eigenvalue weighted by Gasteiger charge is 2.60. The molecule has 1 N–H and O–H groups in total. The minimum atomic E-state index is -0.216. The molecule has 4 rings (SSSR count). The van der Waals surface area contributed by atoms with Gasteiger partial charge in [0, 0.05) is 11.1 Å². The second-order valence-corrected chi connectivity index (χ2v) is 7.25. The molecule has 1 aliphatic rings. The fourth-order valence-electron chi connectivity index (χ4n) is 3.90. The number of rotatable bonds is 4. The summed E-state index contributed by atoms with van der Waals surface area (Å²) >= 11 is 0. The molecule has 26 heavy (non-hydrogen) atoms. The van der Waals surface area contributed by atoms with Crippen molar-refractivity contribution in [2.75, 3.05) is 5.32 Å². The molecule has 0 heterocycles. The summed E-state index contributed by atoms with van der Waals surface area (Å²) in [4.78, 5) is 13.0. The number of nitrogens with one attached hydrogen (secondary N) is 1. The van der Waals surface area contributed by atoms with Crippen LogP contribution in [0.2, 0.25) is 0 Å². The van der Waals surface area contributed by atoms with E-state index in [-0.39, 0.29) is 17.2 Å². The Balaban J connectivity index is 1.64. The second-order valence-electron chi connectivity index (χ2n) is 7.25. The predicted octanol–water partition coefficient (Wildman–Crippen LogP) is 5.25. The van der Waals surface area contributed by atoms with Crippen molar-refractivity contribution in [1.82, 2.24) is 0 Å². The highest BCUT2D eigenvalue weighted by molar-refractivity contribution is 5.97. The summed E-state index contributed by atoms with van der Waals surface area (Å²) in [6.45, 7) is 4.15. The Kier molecular flexibility index (Phi) is 4.12. The molecule has 0 bridgehead atoms. The maximum absolute atomic E-state index is 13.0. The van der Waals surface area contributed by atoms with Gasteiger partial charge in [-0.1, -0.05) is 66.7 Å². The van der Waals surface area contributed by atoms with Crippen LogP contribution in [0.1, 0.15) is 28.7 Å². The lowest BCUT2D eigenvalue weighted by Gasteiger charge is -2.19. The van der Waals surface area contributed by atoms with Crippen molar-refractivity contribution in [2.24, 2.45) is 5.92 Å². The molecule has 130 valence electrons. The summed E-state index contributed by atoms with van der Waals surface area (Å²) in [5.74, 6) is 0.0508. The third kappa shape index (κ3) is 2.82. The topological polar surface area (TPSA) is 29.1 Å². The second kappa shape index (κ2) is 6.45. The SMILES string of the molecule is Cc1ccc(NC(=O)[C@H]2CC2(c2ccccc2)c2ccccc2)cc1C. The molecule has 2 heteroatoms. The largest absolute Gasteiger partial charge is 0.326 e. The molecule has 0 spiro atoms. The van der Waals surface area contributed by atoms with Crippen molar-refractivity contribution >= 4 is 11.6 Å². The van der Waals surface area contributed by atoms with Crippen molar-refractivity contribution in [3.05, 3.63) is 101 Å². The molecule has 0 saturated heterocycles. The number of anilines is 1. The molecule has 1 amide bonds. The minimum Gasteiger partial charge on any atom is -0.326 e. The van der Waals surface area contributed by atoms with Crippen molar-refractivity contribution in [3.63, 3.8) is 0 Å². The van der Waals surface area contributed by atoms with E-state index < -0.39 is 0 Å². The fraction of sp³-hybridized carbons (Fsp3) is 0.208. The van der Waals surface area contributed by atoms with E-state index in [0.29, 0.717) is 0 Å². The Morgan fingerprint density at radius 3 is 1.96 bits per heavy atom. The molecule has 1 saturated carbocycles. The first kappa shape index (κ1) is 16.6. The van der Waals surface area contributed by atoms with Crippen LogP contribution < -0.4 is 5.32 Å². The van der Waals surface area contributed by atoms with Crippen LogP contribution in [0.3, 0.4) is 0 Å². The van der Waals surface area contributed by atoms with Crippen molar-refractivity contribution < 1.29 is 4.79 Å². The molecule has 3 aromatic carbocycles. The number of aryl methyl sites for hydroxylation is 2. The highest BCUT2D eigenvalue weighted by Crippen LogP contribution is 2.59. The van der Waals surface area contributed by atoms with Gasteiger partial charge in [0.1, 0.15) is 0 Å². The molecule has 2 nitrogen and oxygen atoms in total. The van der Waals surface area contributed by atoms with E-state index in [1.54, 1.807) is 0 Å². The first-order valence-corrected chi connectivity index (χ1v) is 9.10. The van der Waals surface area contributed by atoms with Gasteiger partial charge in [-0.2, -0.15) is 0 Å². The van der Waals surface area contributed by atoms with Crippen molar-refractivity contribution in [3.8, 4) is 0 Å². The van der Waals surface area contributed by atoms with Crippen LogP contribution >= 0.6 is 0 Å². The Hall–Kier alpha value is -2.87. The summed E-state index contributed by atoms with van der Waals surface area (Å²) in [5.41, 5.74) is 5.51.